The molecule has 1 amide bonds. The Balaban J connectivity index is 1.33. The molecule has 5 aromatic rings. The summed E-state index contributed by atoms with van der Waals surface area (Å²) in [4.78, 5) is 15.4. The standard InChI is InChI=1S/C32H27ClN4O3S/c1-21-18-22-8-6-7-11-28(22)36(21)30(38)20-41-32-35-34-31(27-19-23(33)12-17-29(27)39-2)37(32)24-13-15-26(16-14-24)40-25-9-4-3-5-10-25/h3-17,19,21H,18,20H2,1-2H3/t21-/m0/s1. The molecule has 0 fully saturated rings. The van der Waals surface area contributed by atoms with Crippen molar-refractivity contribution in [1.82, 2.24) is 14.8 Å². The molecule has 0 saturated carbocycles. The van der Waals surface area contributed by atoms with Crippen molar-refractivity contribution in [3.63, 3.8) is 0 Å². The van der Waals surface area contributed by atoms with Gasteiger partial charge in [-0.05, 0) is 79.6 Å². The van der Waals surface area contributed by atoms with Crippen LogP contribution in [0.2, 0.25) is 5.02 Å². The molecule has 1 atom stereocenters. The van der Waals surface area contributed by atoms with Crippen molar-refractivity contribution in [3.8, 4) is 34.3 Å². The Morgan fingerprint density at radius 1 is 0.951 bits per heavy atom. The zero-order valence-electron chi connectivity index (χ0n) is 22.5. The van der Waals surface area contributed by atoms with Crippen LogP contribution in [-0.4, -0.2) is 39.6 Å². The van der Waals surface area contributed by atoms with Gasteiger partial charge in [-0.25, -0.2) is 0 Å². The molecule has 0 saturated heterocycles. The Hall–Kier alpha value is -4.27. The second kappa shape index (κ2) is 11.7. The van der Waals surface area contributed by atoms with Crippen molar-refractivity contribution in [1.29, 1.82) is 0 Å². The third-order valence-corrected chi connectivity index (χ3v) is 8.06. The van der Waals surface area contributed by atoms with Gasteiger partial charge in [0.2, 0.25) is 5.91 Å². The van der Waals surface area contributed by atoms with Gasteiger partial charge >= 0.3 is 0 Å². The predicted octanol–water partition coefficient (Wildman–Crippen LogP) is 7.46. The van der Waals surface area contributed by atoms with Gasteiger partial charge in [0.15, 0.2) is 11.0 Å². The van der Waals surface area contributed by atoms with E-state index >= 15 is 0 Å². The summed E-state index contributed by atoms with van der Waals surface area (Å²) in [6, 6.07) is 30.8. The molecule has 9 heteroatoms. The molecular weight excluding hydrogens is 556 g/mol. The number of carbonyl (C=O) groups is 1. The van der Waals surface area contributed by atoms with Crippen LogP contribution in [-0.2, 0) is 11.2 Å². The van der Waals surface area contributed by atoms with Crippen molar-refractivity contribution < 1.29 is 14.3 Å². The zero-order chi connectivity index (χ0) is 28.3. The average Bonchev–Trinajstić information content (AvgIpc) is 3.57. The highest BCUT2D eigenvalue weighted by Crippen LogP contribution is 2.37. The van der Waals surface area contributed by atoms with Gasteiger partial charge in [0.05, 0.1) is 24.1 Å². The van der Waals surface area contributed by atoms with Gasteiger partial charge < -0.3 is 14.4 Å². The first kappa shape index (κ1) is 26.9. The molecule has 4 aromatic carbocycles. The molecular formula is C32H27ClN4O3S. The summed E-state index contributed by atoms with van der Waals surface area (Å²) in [6.07, 6.45) is 0.846. The maximum absolute atomic E-state index is 13.5. The van der Waals surface area contributed by atoms with Gasteiger partial charge in [-0.1, -0.05) is 59.8 Å². The molecule has 7 nitrogen and oxygen atoms in total. The van der Waals surface area contributed by atoms with Crippen LogP contribution in [0.5, 0.6) is 17.2 Å². The van der Waals surface area contributed by atoms with Gasteiger partial charge in [-0.15, -0.1) is 10.2 Å². The lowest BCUT2D eigenvalue weighted by Gasteiger charge is -2.22. The Morgan fingerprint density at radius 2 is 1.68 bits per heavy atom. The number of benzene rings is 4. The summed E-state index contributed by atoms with van der Waals surface area (Å²) in [5, 5.41) is 10.2. The van der Waals surface area contributed by atoms with Crippen LogP contribution in [0.1, 0.15) is 12.5 Å². The lowest BCUT2D eigenvalue weighted by Crippen LogP contribution is -2.37. The van der Waals surface area contributed by atoms with Crippen LogP contribution in [0.4, 0.5) is 5.69 Å². The minimum absolute atomic E-state index is 0.0236. The molecule has 6 rings (SSSR count). The highest BCUT2D eigenvalue weighted by Gasteiger charge is 2.31. The number of carbonyl (C=O) groups excluding carboxylic acids is 1. The van der Waals surface area contributed by atoms with E-state index in [-0.39, 0.29) is 17.7 Å². The maximum Gasteiger partial charge on any atom is 0.237 e. The second-order valence-electron chi connectivity index (χ2n) is 9.63. The largest absolute Gasteiger partial charge is 0.496 e. The first-order chi connectivity index (χ1) is 20.0. The van der Waals surface area contributed by atoms with Crippen molar-refractivity contribution >= 4 is 35.0 Å². The minimum Gasteiger partial charge on any atom is -0.496 e. The Kier molecular flexibility index (Phi) is 7.67. The normalized spacial score (nSPS) is 14.1. The van der Waals surface area contributed by atoms with Gasteiger partial charge in [0, 0.05) is 16.8 Å². The Morgan fingerprint density at radius 3 is 2.46 bits per heavy atom. The lowest BCUT2D eigenvalue weighted by atomic mass is 10.1. The lowest BCUT2D eigenvalue weighted by molar-refractivity contribution is -0.116. The number of anilines is 1. The van der Waals surface area contributed by atoms with E-state index < -0.39 is 0 Å². The highest BCUT2D eigenvalue weighted by atomic mass is 35.5. The van der Waals surface area contributed by atoms with E-state index in [1.165, 1.54) is 17.3 Å². The van der Waals surface area contributed by atoms with E-state index in [1.54, 1.807) is 25.3 Å². The Labute approximate surface area is 247 Å². The highest BCUT2D eigenvalue weighted by molar-refractivity contribution is 7.99. The van der Waals surface area contributed by atoms with E-state index in [9.17, 15) is 4.79 Å². The molecule has 41 heavy (non-hydrogen) atoms. The van der Waals surface area contributed by atoms with Crippen LogP contribution in [0, 0.1) is 0 Å². The average molecular weight is 583 g/mol. The quantitative estimate of drug-likeness (QED) is 0.177. The maximum atomic E-state index is 13.5. The number of rotatable bonds is 8. The van der Waals surface area contributed by atoms with Crippen LogP contribution in [0.3, 0.4) is 0 Å². The number of thioether (sulfide) groups is 1. The fourth-order valence-corrected chi connectivity index (χ4v) is 6.04. The third kappa shape index (κ3) is 5.53. The molecule has 2 heterocycles. The summed E-state index contributed by atoms with van der Waals surface area (Å²) >= 11 is 7.72. The van der Waals surface area contributed by atoms with Crippen LogP contribution in [0.25, 0.3) is 17.1 Å². The first-order valence-electron chi connectivity index (χ1n) is 13.2. The first-order valence-corrected chi connectivity index (χ1v) is 14.5. The van der Waals surface area contributed by atoms with Crippen molar-refractivity contribution in [2.24, 2.45) is 0 Å². The van der Waals surface area contributed by atoms with Crippen LogP contribution < -0.4 is 14.4 Å². The fourth-order valence-electron chi connectivity index (χ4n) is 5.05. The van der Waals surface area contributed by atoms with Gasteiger partial charge in [-0.3, -0.25) is 9.36 Å². The van der Waals surface area contributed by atoms with Gasteiger partial charge in [0.1, 0.15) is 17.2 Å². The number of methoxy groups -OCH3 is 1. The molecule has 1 aromatic heterocycles. The summed E-state index contributed by atoms with van der Waals surface area (Å²) in [5.41, 5.74) is 3.67. The number of amides is 1. The molecule has 0 radical (unpaired) electrons. The number of aromatic nitrogens is 3. The van der Waals surface area contributed by atoms with E-state index in [0.29, 0.717) is 33.1 Å². The minimum atomic E-state index is 0.0236. The SMILES string of the molecule is COc1ccc(Cl)cc1-c1nnc(SCC(=O)N2c3ccccc3C[C@@H]2C)n1-c1ccc(Oc2ccccc2)cc1. The third-order valence-electron chi connectivity index (χ3n) is 6.91. The molecule has 0 N–H and O–H groups in total. The van der Waals surface area contributed by atoms with Crippen molar-refractivity contribution in [2.45, 2.75) is 24.5 Å². The van der Waals surface area contributed by atoms with E-state index in [2.05, 4.69) is 23.2 Å². The summed E-state index contributed by atoms with van der Waals surface area (Å²) in [6.45, 7) is 2.08. The van der Waals surface area contributed by atoms with Crippen molar-refractivity contribution in [3.05, 3.63) is 108 Å². The Bertz CT molecular complexity index is 1690. The molecule has 1 aliphatic heterocycles. The predicted molar refractivity (Wildman–Crippen MR) is 163 cm³/mol. The second-order valence-corrected chi connectivity index (χ2v) is 11.0. The van der Waals surface area contributed by atoms with Crippen LogP contribution >= 0.6 is 23.4 Å². The van der Waals surface area contributed by atoms with Gasteiger partial charge in [0.25, 0.3) is 0 Å². The number of para-hydroxylation sites is 2. The number of ether oxygens (including phenoxy) is 2. The van der Waals surface area contributed by atoms with Crippen LogP contribution in [0.15, 0.2) is 102 Å². The van der Waals surface area contributed by atoms with E-state index in [4.69, 9.17) is 21.1 Å². The molecule has 0 bridgehead atoms. The number of halogens is 1. The number of fused-ring (bicyclic) bond motifs is 1. The van der Waals surface area contributed by atoms with E-state index in [1.807, 2.05) is 82.3 Å². The van der Waals surface area contributed by atoms with Crippen molar-refractivity contribution in [2.75, 3.05) is 17.8 Å². The molecule has 0 spiro atoms. The summed E-state index contributed by atoms with van der Waals surface area (Å²) in [5.74, 6) is 2.84. The number of hydrogen-bond acceptors (Lipinski definition) is 6. The zero-order valence-corrected chi connectivity index (χ0v) is 24.1. The number of nitrogens with zero attached hydrogens (tertiary/aromatic N) is 4. The fraction of sp³-hybridized carbons (Fsp3) is 0.156. The number of hydrogen-bond donors (Lipinski definition) is 0. The topological polar surface area (TPSA) is 69.5 Å². The molecule has 1 aliphatic rings. The summed E-state index contributed by atoms with van der Waals surface area (Å²) in [7, 11) is 1.60. The van der Waals surface area contributed by atoms with Gasteiger partial charge in [-0.2, -0.15) is 0 Å². The molecule has 0 aliphatic carbocycles. The smallest absolute Gasteiger partial charge is 0.237 e. The summed E-state index contributed by atoms with van der Waals surface area (Å²) < 4.78 is 13.5. The van der Waals surface area contributed by atoms with E-state index in [0.717, 1.165) is 23.5 Å². The molecule has 206 valence electrons. The molecule has 0 unspecified atom stereocenters. The monoisotopic (exact) mass is 582 g/mol.